The van der Waals surface area contributed by atoms with E-state index in [4.69, 9.17) is 9.68 Å². The molecule has 2 aromatic rings. The van der Waals surface area contributed by atoms with Crippen LogP contribution in [0.2, 0.25) is 0 Å². The van der Waals surface area contributed by atoms with Crippen molar-refractivity contribution in [2.24, 2.45) is 0 Å². The van der Waals surface area contributed by atoms with Crippen molar-refractivity contribution in [3.05, 3.63) is 53.5 Å². The van der Waals surface area contributed by atoms with Crippen LogP contribution in [0.1, 0.15) is 5.76 Å². The van der Waals surface area contributed by atoms with E-state index in [9.17, 15) is 14.3 Å². The first-order chi connectivity index (χ1) is 9.11. The highest BCUT2D eigenvalue weighted by molar-refractivity contribution is 5.94. The van der Waals surface area contributed by atoms with E-state index in [0.717, 1.165) is 6.08 Å². The molecule has 0 saturated carbocycles. The van der Waals surface area contributed by atoms with Crippen LogP contribution in [-0.2, 0) is 4.79 Å². The van der Waals surface area contributed by atoms with Gasteiger partial charge in [0.05, 0.1) is 17.1 Å². The summed E-state index contributed by atoms with van der Waals surface area (Å²) < 4.78 is 18.8. The molecule has 1 heterocycles. The molecule has 0 aliphatic carbocycles. The van der Waals surface area contributed by atoms with Crippen LogP contribution in [0.15, 0.2) is 46.4 Å². The Morgan fingerprint density at radius 2 is 2.05 bits per heavy atom. The first-order valence-electron chi connectivity index (χ1n) is 5.29. The maximum atomic E-state index is 13.5. The van der Waals surface area contributed by atoms with Crippen molar-refractivity contribution in [3.8, 4) is 17.4 Å². The van der Waals surface area contributed by atoms with Gasteiger partial charge in [-0.05, 0) is 24.3 Å². The van der Waals surface area contributed by atoms with E-state index in [-0.39, 0.29) is 17.1 Å². The molecule has 4 nitrogen and oxygen atoms in total. The van der Waals surface area contributed by atoms with Crippen molar-refractivity contribution in [1.82, 2.24) is 0 Å². The third kappa shape index (κ3) is 2.69. The molecule has 94 valence electrons. The summed E-state index contributed by atoms with van der Waals surface area (Å²) in [7, 11) is 0. The predicted molar refractivity (Wildman–Crippen MR) is 62.7 cm³/mol. The highest BCUT2D eigenvalue weighted by Crippen LogP contribution is 2.25. The lowest BCUT2D eigenvalue weighted by molar-refractivity contribution is -0.298. The Hall–Kier alpha value is -2.87. The zero-order valence-electron chi connectivity index (χ0n) is 9.59. The molecule has 0 saturated heterocycles. The zero-order valence-corrected chi connectivity index (χ0v) is 9.59. The fourth-order valence-corrected chi connectivity index (χ4v) is 1.52. The summed E-state index contributed by atoms with van der Waals surface area (Å²) >= 11 is 0. The Labute approximate surface area is 108 Å². The Morgan fingerprint density at radius 1 is 1.32 bits per heavy atom. The lowest BCUT2D eigenvalue weighted by Crippen LogP contribution is -2.23. The number of nitriles is 1. The zero-order chi connectivity index (χ0) is 13.8. The Morgan fingerprint density at radius 3 is 2.68 bits per heavy atom. The first kappa shape index (κ1) is 12.6. The highest BCUT2D eigenvalue weighted by Gasteiger charge is 2.08. The SMILES string of the molecule is N#C/C(=C\c1ccc(-c2ccccc2F)o1)C(=O)[O-]. The Kier molecular flexibility index (Phi) is 3.44. The smallest absolute Gasteiger partial charge is 0.137 e. The number of rotatable bonds is 3. The third-order valence-electron chi connectivity index (χ3n) is 2.39. The van der Waals surface area contributed by atoms with Gasteiger partial charge in [0.2, 0.25) is 0 Å². The van der Waals surface area contributed by atoms with Crippen molar-refractivity contribution in [1.29, 1.82) is 5.26 Å². The van der Waals surface area contributed by atoms with Gasteiger partial charge in [0.1, 0.15) is 23.4 Å². The van der Waals surface area contributed by atoms with Gasteiger partial charge in [-0.15, -0.1) is 0 Å². The molecule has 0 spiro atoms. The lowest BCUT2D eigenvalue weighted by atomic mass is 10.1. The molecule has 1 aromatic heterocycles. The highest BCUT2D eigenvalue weighted by atomic mass is 19.1. The maximum Gasteiger partial charge on any atom is 0.137 e. The van der Waals surface area contributed by atoms with Gasteiger partial charge in [-0.25, -0.2) is 4.39 Å². The molecular formula is C14H7FNO3-. The molecule has 5 heteroatoms. The van der Waals surface area contributed by atoms with Gasteiger partial charge in [0.15, 0.2) is 0 Å². The van der Waals surface area contributed by atoms with Crippen molar-refractivity contribution in [2.75, 3.05) is 0 Å². The quantitative estimate of drug-likeness (QED) is 0.619. The number of aliphatic carboxylic acids is 1. The molecule has 1 aromatic carbocycles. The number of carbonyl (C=O) groups excluding carboxylic acids is 1. The number of carbonyl (C=O) groups is 1. The van der Waals surface area contributed by atoms with E-state index in [0.29, 0.717) is 0 Å². The first-order valence-corrected chi connectivity index (χ1v) is 5.29. The van der Waals surface area contributed by atoms with Gasteiger partial charge >= 0.3 is 0 Å². The van der Waals surface area contributed by atoms with Crippen LogP contribution >= 0.6 is 0 Å². The molecule has 19 heavy (non-hydrogen) atoms. The van der Waals surface area contributed by atoms with E-state index < -0.39 is 17.4 Å². The second kappa shape index (κ2) is 5.19. The van der Waals surface area contributed by atoms with Crippen LogP contribution < -0.4 is 5.11 Å². The molecular weight excluding hydrogens is 249 g/mol. The monoisotopic (exact) mass is 256 g/mol. The number of halogens is 1. The molecule has 0 unspecified atom stereocenters. The van der Waals surface area contributed by atoms with E-state index in [1.807, 2.05) is 0 Å². The molecule has 0 aliphatic rings. The Bertz CT molecular complexity index is 695. The van der Waals surface area contributed by atoms with Gasteiger partial charge < -0.3 is 14.3 Å². The Balaban J connectivity index is 2.38. The number of carboxylic acids is 1. The summed E-state index contributed by atoms with van der Waals surface area (Å²) in [5.74, 6) is -1.65. The number of carboxylic acid groups (broad SMARTS) is 1. The molecule has 0 aliphatic heterocycles. The second-order valence-corrected chi connectivity index (χ2v) is 3.64. The normalized spacial score (nSPS) is 11.1. The van der Waals surface area contributed by atoms with Crippen molar-refractivity contribution < 1.29 is 18.7 Å². The second-order valence-electron chi connectivity index (χ2n) is 3.64. The van der Waals surface area contributed by atoms with Crippen molar-refractivity contribution >= 4 is 12.0 Å². The average molecular weight is 256 g/mol. The topological polar surface area (TPSA) is 77.1 Å². The van der Waals surface area contributed by atoms with Crippen LogP contribution in [-0.4, -0.2) is 5.97 Å². The fourth-order valence-electron chi connectivity index (χ4n) is 1.52. The van der Waals surface area contributed by atoms with Crippen LogP contribution in [0.3, 0.4) is 0 Å². The molecule has 0 radical (unpaired) electrons. The van der Waals surface area contributed by atoms with Crippen molar-refractivity contribution in [2.45, 2.75) is 0 Å². The van der Waals surface area contributed by atoms with Crippen LogP contribution in [0.25, 0.3) is 17.4 Å². The summed E-state index contributed by atoms with van der Waals surface area (Å²) in [6.45, 7) is 0. The van der Waals surface area contributed by atoms with E-state index >= 15 is 0 Å². The standard InChI is InChI=1S/C14H8FNO3/c15-12-4-2-1-3-11(12)13-6-5-10(19-13)7-9(8-16)14(17)18/h1-7H,(H,17,18)/p-1/b9-7+. The molecule has 0 atom stereocenters. The summed E-state index contributed by atoms with van der Waals surface area (Å²) in [6.07, 6.45) is 1.03. The number of hydrogen-bond donors (Lipinski definition) is 0. The summed E-state index contributed by atoms with van der Waals surface area (Å²) in [4.78, 5) is 10.6. The van der Waals surface area contributed by atoms with Gasteiger partial charge in [0, 0.05) is 6.08 Å². The van der Waals surface area contributed by atoms with E-state index in [1.165, 1.54) is 30.3 Å². The maximum absolute atomic E-state index is 13.5. The molecule has 2 rings (SSSR count). The van der Waals surface area contributed by atoms with Crippen molar-refractivity contribution in [3.63, 3.8) is 0 Å². The summed E-state index contributed by atoms with van der Waals surface area (Å²) in [5, 5.41) is 19.1. The van der Waals surface area contributed by atoms with Crippen LogP contribution in [0.5, 0.6) is 0 Å². The number of benzene rings is 1. The van der Waals surface area contributed by atoms with Crippen LogP contribution in [0.4, 0.5) is 4.39 Å². The van der Waals surface area contributed by atoms with Gasteiger partial charge in [-0.3, -0.25) is 0 Å². The predicted octanol–water partition coefficient (Wildman–Crippen LogP) is 1.74. The van der Waals surface area contributed by atoms with Gasteiger partial charge in [-0.2, -0.15) is 5.26 Å². The molecule has 0 amide bonds. The molecule has 0 fully saturated rings. The third-order valence-corrected chi connectivity index (χ3v) is 2.39. The summed E-state index contributed by atoms with van der Waals surface area (Å²) in [5.41, 5.74) is -0.302. The minimum atomic E-state index is -1.59. The summed E-state index contributed by atoms with van der Waals surface area (Å²) in [6, 6.07) is 10.4. The minimum Gasteiger partial charge on any atom is -0.544 e. The number of furan rings is 1. The van der Waals surface area contributed by atoms with Gasteiger partial charge in [0.25, 0.3) is 0 Å². The average Bonchev–Trinajstić information content (AvgIpc) is 2.84. The van der Waals surface area contributed by atoms with E-state index in [2.05, 4.69) is 0 Å². The minimum absolute atomic E-state index is 0.138. The van der Waals surface area contributed by atoms with Crippen LogP contribution in [0, 0.1) is 17.1 Å². The molecule has 0 bridgehead atoms. The van der Waals surface area contributed by atoms with E-state index in [1.54, 1.807) is 12.1 Å². The number of hydrogen-bond acceptors (Lipinski definition) is 4. The fraction of sp³-hybridized carbons (Fsp3) is 0. The number of nitrogens with zero attached hydrogens (tertiary/aromatic N) is 1. The van der Waals surface area contributed by atoms with Gasteiger partial charge in [-0.1, -0.05) is 12.1 Å². The molecule has 0 N–H and O–H groups in total. The largest absolute Gasteiger partial charge is 0.544 e. The lowest BCUT2D eigenvalue weighted by Gasteiger charge is -1.99.